The maximum atomic E-state index is 5.80. The molecule has 1 fully saturated rings. The number of hydrogen-bond acceptors (Lipinski definition) is 3. The Hall–Kier alpha value is -0.540. The quantitative estimate of drug-likeness (QED) is 0.783. The zero-order valence-electron chi connectivity index (χ0n) is 8.62. The van der Waals surface area contributed by atoms with Gasteiger partial charge in [0.2, 0.25) is 0 Å². The molecule has 0 radical (unpaired) electrons. The molecule has 1 atom stereocenters. The van der Waals surface area contributed by atoms with Gasteiger partial charge in [-0.25, -0.2) is 0 Å². The van der Waals surface area contributed by atoms with E-state index in [0.29, 0.717) is 0 Å². The normalized spacial score (nSPS) is 18.4. The molecule has 2 nitrogen and oxygen atoms in total. The number of hydrogen-bond donors (Lipinski definition) is 2. The van der Waals surface area contributed by atoms with Crippen LogP contribution >= 0.6 is 11.3 Å². The molecule has 78 valence electrons. The van der Waals surface area contributed by atoms with Crippen molar-refractivity contribution < 1.29 is 0 Å². The molecule has 0 aliphatic heterocycles. The minimum atomic E-state index is 0.830. The van der Waals surface area contributed by atoms with Crippen molar-refractivity contribution in [1.29, 1.82) is 0 Å². The maximum absolute atomic E-state index is 5.80. The molecule has 1 aromatic rings. The van der Waals surface area contributed by atoms with Crippen LogP contribution in [0.2, 0.25) is 0 Å². The molecule has 1 aliphatic carbocycles. The van der Waals surface area contributed by atoms with Crippen LogP contribution in [0.15, 0.2) is 11.4 Å². The minimum absolute atomic E-state index is 0.830. The Morgan fingerprint density at radius 2 is 2.43 bits per heavy atom. The smallest absolute Gasteiger partial charge is 0.0468 e. The molecule has 0 spiro atoms. The standard InChI is InChI=1S/C11H18N2S/c1-8(9-2-3-9)6-13-7-11-10(12)4-5-14-11/h4-5,8-9,13H,2-3,6-7,12H2,1H3. The SMILES string of the molecule is CC(CNCc1sccc1N)C1CC1. The molecule has 0 amide bonds. The lowest BCUT2D eigenvalue weighted by molar-refractivity contribution is 0.463. The molecule has 14 heavy (non-hydrogen) atoms. The van der Waals surface area contributed by atoms with Gasteiger partial charge in [0, 0.05) is 17.1 Å². The molecule has 0 bridgehead atoms. The van der Waals surface area contributed by atoms with Gasteiger partial charge in [0.05, 0.1) is 0 Å². The van der Waals surface area contributed by atoms with Crippen LogP contribution in [0.3, 0.4) is 0 Å². The van der Waals surface area contributed by atoms with E-state index in [-0.39, 0.29) is 0 Å². The van der Waals surface area contributed by atoms with E-state index in [1.54, 1.807) is 11.3 Å². The largest absolute Gasteiger partial charge is 0.398 e. The molecule has 1 aromatic heterocycles. The third-order valence-corrected chi connectivity index (χ3v) is 3.90. The van der Waals surface area contributed by atoms with Gasteiger partial charge in [0.1, 0.15) is 0 Å². The lowest BCUT2D eigenvalue weighted by Gasteiger charge is -2.10. The van der Waals surface area contributed by atoms with Crippen molar-refractivity contribution in [2.24, 2.45) is 11.8 Å². The Morgan fingerprint density at radius 3 is 3.00 bits per heavy atom. The van der Waals surface area contributed by atoms with E-state index < -0.39 is 0 Å². The van der Waals surface area contributed by atoms with Crippen molar-refractivity contribution in [3.63, 3.8) is 0 Å². The second kappa shape index (κ2) is 4.32. The summed E-state index contributed by atoms with van der Waals surface area (Å²) in [6.07, 6.45) is 2.87. The average molecular weight is 210 g/mol. The van der Waals surface area contributed by atoms with Gasteiger partial charge in [-0.1, -0.05) is 6.92 Å². The number of thiophene rings is 1. The summed E-state index contributed by atoms with van der Waals surface area (Å²) in [6, 6.07) is 1.98. The van der Waals surface area contributed by atoms with E-state index in [9.17, 15) is 0 Å². The van der Waals surface area contributed by atoms with E-state index in [4.69, 9.17) is 5.73 Å². The monoisotopic (exact) mass is 210 g/mol. The molecular formula is C11H18N2S. The first kappa shape index (κ1) is 9.99. The fraction of sp³-hybridized carbons (Fsp3) is 0.636. The van der Waals surface area contributed by atoms with Crippen LogP contribution in [0.25, 0.3) is 0 Å². The van der Waals surface area contributed by atoms with E-state index in [0.717, 1.165) is 30.6 Å². The van der Waals surface area contributed by atoms with Gasteiger partial charge in [-0.3, -0.25) is 0 Å². The van der Waals surface area contributed by atoms with Crippen molar-refractivity contribution in [1.82, 2.24) is 5.32 Å². The van der Waals surface area contributed by atoms with Crippen LogP contribution in [0.1, 0.15) is 24.6 Å². The first-order valence-electron chi connectivity index (χ1n) is 5.30. The number of nitrogens with two attached hydrogens (primary N) is 1. The summed E-state index contributed by atoms with van der Waals surface area (Å²) in [4.78, 5) is 1.27. The highest BCUT2D eigenvalue weighted by Crippen LogP contribution is 2.36. The highest BCUT2D eigenvalue weighted by molar-refractivity contribution is 7.10. The van der Waals surface area contributed by atoms with Gasteiger partial charge in [0.25, 0.3) is 0 Å². The molecule has 1 heterocycles. The average Bonchev–Trinajstić information content (AvgIpc) is 2.93. The van der Waals surface area contributed by atoms with Gasteiger partial charge < -0.3 is 11.1 Å². The molecule has 3 heteroatoms. The number of nitrogen functional groups attached to an aromatic ring is 1. The van der Waals surface area contributed by atoms with Gasteiger partial charge in [-0.05, 0) is 42.7 Å². The fourth-order valence-corrected chi connectivity index (χ4v) is 2.51. The third kappa shape index (κ3) is 2.49. The molecular weight excluding hydrogens is 192 g/mol. The van der Waals surface area contributed by atoms with Crippen molar-refractivity contribution in [3.8, 4) is 0 Å². The van der Waals surface area contributed by atoms with Crippen LogP contribution in [-0.2, 0) is 6.54 Å². The molecule has 1 aliphatic rings. The molecule has 1 saturated carbocycles. The van der Waals surface area contributed by atoms with E-state index in [2.05, 4.69) is 17.6 Å². The lowest BCUT2D eigenvalue weighted by atomic mass is 10.1. The Bertz CT molecular complexity index is 291. The third-order valence-electron chi connectivity index (χ3n) is 2.96. The first-order valence-corrected chi connectivity index (χ1v) is 6.18. The summed E-state index contributed by atoms with van der Waals surface area (Å²) in [5, 5.41) is 5.53. The predicted molar refractivity (Wildman–Crippen MR) is 62.3 cm³/mol. The van der Waals surface area contributed by atoms with Crippen molar-refractivity contribution in [2.75, 3.05) is 12.3 Å². The van der Waals surface area contributed by atoms with Crippen molar-refractivity contribution >= 4 is 17.0 Å². The summed E-state index contributed by atoms with van der Waals surface area (Å²) < 4.78 is 0. The van der Waals surface area contributed by atoms with Gasteiger partial charge >= 0.3 is 0 Å². The van der Waals surface area contributed by atoms with Crippen LogP contribution in [0.4, 0.5) is 5.69 Å². The van der Waals surface area contributed by atoms with Crippen LogP contribution < -0.4 is 11.1 Å². The fourth-order valence-electron chi connectivity index (χ4n) is 1.74. The van der Waals surface area contributed by atoms with E-state index in [1.807, 2.05) is 6.07 Å². The number of nitrogens with one attached hydrogen (secondary N) is 1. The van der Waals surface area contributed by atoms with Gasteiger partial charge in [-0.2, -0.15) is 0 Å². The summed E-state index contributed by atoms with van der Waals surface area (Å²) in [5.41, 5.74) is 6.73. The van der Waals surface area contributed by atoms with Crippen molar-refractivity contribution in [2.45, 2.75) is 26.3 Å². The second-order valence-electron chi connectivity index (χ2n) is 4.24. The summed E-state index contributed by atoms with van der Waals surface area (Å²) >= 11 is 1.74. The molecule has 2 rings (SSSR count). The van der Waals surface area contributed by atoms with E-state index in [1.165, 1.54) is 17.7 Å². The Labute approximate surface area is 89.5 Å². The Morgan fingerprint density at radius 1 is 1.64 bits per heavy atom. The highest BCUT2D eigenvalue weighted by Gasteiger charge is 2.27. The zero-order chi connectivity index (χ0) is 9.97. The molecule has 0 saturated heterocycles. The minimum Gasteiger partial charge on any atom is -0.398 e. The molecule has 1 unspecified atom stereocenters. The Kier molecular flexibility index (Phi) is 3.08. The molecule has 3 N–H and O–H groups in total. The van der Waals surface area contributed by atoms with Gasteiger partial charge in [0.15, 0.2) is 0 Å². The predicted octanol–water partition coefficient (Wildman–Crippen LogP) is 2.47. The highest BCUT2D eigenvalue weighted by atomic mass is 32.1. The van der Waals surface area contributed by atoms with Crippen LogP contribution in [-0.4, -0.2) is 6.54 Å². The second-order valence-corrected chi connectivity index (χ2v) is 5.25. The lowest BCUT2D eigenvalue weighted by Crippen LogP contribution is -2.21. The summed E-state index contributed by atoms with van der Waals surface area (Å²) in [5.74, 6) is 1.82. The van der Waals surface area contributed by atoms with Crippen LogP contribution in [0.5, 0.6) is 0 Å². The van der Waals surface area contributed by atoms with Crippen LogP contribution in [0, 0.1) is 11.8 Å². The first-order chi connectivity index (χ1) is 6.77. The molecule has 0 aromatic carbocycles. The number of rotatable bonds is 5. The summed E-state index contributed by atoms with van der Waals surface area (Å²) in [7, 11) is 0. The topological polar surface area (TPSA) is 38.0 Å². The summed E-state index contributed by atoms with van der Waals surface area (Å²) in [6.45, 7) is 4.39. The van der Waals surface area contributed by atoms with Gasteiger partial charge in [-0.15, -0.1) is 11.3 Å². The number of anilines is 1. The van der Waals surface area contributed by atoms with Crippen molar-refractivity contribution in [3.05, 3.63) is 16.3 Å². The van der Waals surface area contributed by atoms with E-state index >= 15 is 0 Å². The Balaban J connectivity index is 1.69. The zero-order valence-corrected chi connectivity index (χ0v) is 9.44. The maximum Gasteiger partial charge on any atom is 0.0468 e.